The highest BCUT2D eigenvalue weighted by molar-refractivity contribution is 5.65. The summed E-state index contributed by atoms with van der Waals surface area (Å²) in [6, 6.07) is 21.3. The van der Waals surface area contributed by atoms with Crippen molar-refractivity contribution in [1.82, 2.24) is 19.2 Å². The minimum atomic E-state index is -0.184. The molecule has 5 rings (SSSR count). The molecule has 0 saturated heterocycles. The molecule has 0 spiro atoms. The first-order valence-electron chi connectivity index (χ1n) is 11.4. The lowest BCUT2D eigenvalue weighted by molar-refractivity contribution is 0.307. The van der Waals surface area contributed by atoms with E-state index in [0.717, 1.165) is 28.3 Å². The van der Waals surface area contributed by atoms with Crippen LogP contribution in [0.3, 0.4) is 0 Å². The molecule has 0 aliphatic rings. The minimum Gasteiger partial charge on any atom is -0.497 e. The Balaban J connectivity index is 1.52. The summed E-state index contributed by atoms with van der Waals surface area (Å²) in [5.74, 6) is 1.33. The maximum absolute atomic E-state index is 13.6. The smallest absolute Gasteiger partial charge is 0.267 e. The second kappa shape index (κ2) is 9.10. The van der Waals surface area contributed by atoms with Gasteiger partial charge >= 0.3 is 0 Å². The predicted molar refractivity (Wildman–Crippen MR) is 136 cm³/mol. The van der Waals surface area contributed by atoms with Gasteiger partial charge in [0.25, 0.3) is 5.56 Å². The molecule has 0 aliphatic carbocycles. The number of aryl methyl sites for hydroxylation is 3. The van der Waals surface area contributed by atoms with E-state index >= 15 is 0 Å². The van der Waals surface area contributed by atoms with Crippen LogP contribution in [-0.2, 0) is 6.61 Å². The van der Waals surface area contributed by atoms with Crippen LogP contribution >= 0.6 is 0 Å². The Kier molecular flexibility index (Phi) is 5.82. The molecule has 7 heteroatoms. The molecule has 0 unspecified atom stereocenters. The second-order valence-corrected chi connectivity index (χ2v) is 8.50. The summed E-state index contributed by atoms with van der Waals surface area (Å²) < 4.78 is 14.6. The molecule has 5 aromatic rings. The fourth-order valence-electron chi connectivity index (χ4n) is 4.15. The van der Waals surface area contributed by atoms with Crippen molar-refractivity contribution in [3.63, 3.8) is 0 Å². The van der Waals surface area contributed by atoms with Gasteiger partial charge in [-0.05, 0) is 74.4 Å². The van der Waals surface area contributed by atoms with E-state index in [4.69, 9.17) is 19.6 Å². The van der Waals surface area contributed by atoms with Crippen LogP contribution in [-0.4, -0.2) is 26.3 Å². The van der Waals surface area contributed by atoms with E-state index in [1.54, 1.807) is 19.4 Å². The first kappa shape index (κ1) is 22.4. The zero-order valence-corrected chi connectivity index (χ0v) is 20.1. The summed E-state index contributed by atoms with van der Waals surface area (Å²) in [5.41, 5.74) is 5.98. The summed E-state index contributed by atoms with van der Waals surface area (Å²) in [7, 11) is 1.63. The molecule has 0 bridgehead atoms. The minimum absolute atomic E-state index is 0.184. The van der Waals surface area contributed by atoms with Gasteiger partial charge in [0.15, 0.2) is 11.4 Å². The number of nitrogens with zero attached hydrogens (tertiary/aromatic N) is 4. The van der Waals surface area contributed by atoms with Gasteiger partial charge in [-0.25, -0.2) is 9.67 Å². The molecule has 0 saturated carbocycles. The highest BCUT2D eigenvalue weighted by atomic mass is 16.5. The predicted octanol–water partition coefficient (Wildman–Crippen LogP) is 5.06. The summed E-state index contributed by atoms with van der Waals surface area (Å²) in [6.45, 7) is 6.20. The molecule has 3 heterocycles. The molecule has 2 aromatic carbocycles. The van der Waals surface area contributed by atoms with E-state index in [1.807, 2.05) is 80.1 Å². The summed E-state index contributed by atoms with van der Waals surface area (Å²) in [4.78, 5) is 18.3. The Hall–Kier alpha value is -4.39. The molecule has 35 heavy (non-hydrogen) atoms. The van der Waals surface area contributed by atoms with Gasteiger partial charge in [-0.1, -0.05) is 24.3 Å². The summed E-state index contributed by atoms with van der Waals surface area (Å²) >= 11 is 0. The average Bonchev–Trinajstić information content (AvgIpc) is 3.24. The molecule has 3 aromatic heterocycles. The standard InChI is InChI=1S/C28H26N4O3/c1-18-7-5-8-22(15-18)32-19(2)16-24(30-32)26-20(3)29-27-25(9-6-14-31(27)28(26)33)35-17-21-10-12-23(34-4)13-11-21/h5-16H,17H2,1-4H3. The molecule has 0 N–H and O–H groups in total. The molecule has 0 aliphatic heterocycles. The van der Waals surface area contributed by atoms with Gasteiger partial charge in [0, 0.05) is 11.9 Å². The quantitative estimate of drug-likeness (QED) is 0.350. The van der Waals surface area contributed by atoms with Crippen LogP contribution in [0.2, 0.25) is 0 Å². The first-order valence-corrected chi connectivity index (χ1v) is 11.4. The Labute approximate surface area is 203 Å². The van der Waals surface area contributed by atoms with E-state index < -0.39 is 0 Å². The van der Waals surface area contributed by atoms with Crippen LogP contribution in [0.25, 0.3) is 22.6 Å². The topological polar surface area (TPSA) is 70.7 Å². The fourth-order valence-corrected chi connectivity index (χ4v) is 4.15. The van der Waals surface area contributed by atoms with Crippen molar-refractivity contribution in [2.45, 2.75) is 27.4 Å². The number of hydrogen-bond donors (Lipinski definition) is 0. The SMILES string of the molecule is COc1ccc(COc2cccn3c(=O)c(-c4cc(C)n(-c5cccc(C)c5)n4)c(C)nc23)cc1. The number of fused-ring (bicyclic) bond motifs is 1. The van der Waals surface area contributed by atoms with E-state index in [0.29, 0.717) is 35.0 Å². The zero-order valence-electron chi connectivity index (χ0n) is 20.1. The third-order valence-corrected chi connectivity index (χ3v) is 5.94. The zero-order chi connectivity index (χ0) is 24.5. The van der Waals surface area contributed by atoms with E-state index in [9.17, 15) is 4.79 Å². The Morgan fingerprint density at radius 3 is 2.49 bits per heavy atom. The normalized spacial score (nSPS) is 11.1. The van der Waals surface area contributed by atoms with E-state index in [-0.39, 0.29) is 5.56 Å². The first-order chi connectivity index (χ1) is 16.9. The lowest BCUT2D eigenvalue weighted by Crippen LogP contribution is -2.19. The van der Waals surface area contributed by atoms with E-state index in [2.05, 4.69) is 6.07 Å². The van der Waals surface area contributed by atoms with Crippen LogP contribution in [0.4, 0.5) is 0 Å². The van der Waals surface area contributed by atoms with Gasteiger partial charge in [0.1, 0.15) is 18.1 Å². The summed E-state index contributed by atoms with van der Waals surface area (Å²) in [6.07, 6.45) is 1.71. The third-order valence-electron chi connectivity index (χ3n) is 5.94. The van der Waals surface area contributed by atoms with Gasteiger partial charge in [0.05, 0.1) is 24.1 Å². The largest absolute Gasteiger partial charge is 0.497 e. The lowest BCUT2D eigenvalue weighted by Gasteiger charge is -2.12. The van der Waals surface area contributed by atoms with Crippen molar-refractivity contribution >= 4 is 5.65 Å². The highest BCUT2D eigenvalue weighted by Crippen LogP contribution is 2.25. The number of methoxy groups -OCH3 is 1. The Bertz CT molecular complexity index is 1580. The van der Waals surface area contributed by atoms with Crippen LogP contribution in [0, 0.1) is 20.8 Å². The van der Waals surface area contributed by atoms with Crippen molar-refractivity contribution in [1.29, 1.82) is 0 Å². The third kappa shape index (κ3) is 4.28. The molecular weight excluding hydrogens is 440 g/mol. The van der Waals surface area contributed by atoms with Crippen molar-refractivity contribution in [2.24, 2.45) is 0 Å². The second-order valence-electron chi connectivity index (χ2n) is 8.50. The number of hydrogen-bond acceptors (Lipinski definition) is 5. The average molecular weight is 467 g/mol. The molecule has 0 atom stereocenters. The van der Waals surface area contributed by atoms with Gasteiger partial charge in [-0.3, -0.25) is 9.20 Å². The van der Waals surface area contributed by atoms with Crippen molar-refractivity contribution in [3.05, 3.63) is 106 Å². The number of aromatic nitrogens is 4. The van der Waals surface area contributed by atoms with Gasteiger partial charge in [-0.2, -0.15) is 5.10 Å². The fraction of sp³-hybridized carbons (Fsp3) is 0.179. The molecule has 7 nitrogen and oxygen atoms in total. The number of pyridine rings is 1. The van der Waals surface area contributed by atoms with Gasteiger partial charge < -0.3 is 9.47 Å². The maximum atomic E-state index is 13.6. The van der Waals surface area contributed by atoms with Crippen molar-refractivity contribution in [3.8, 4) is 28.4 Å². The van der Waals surface area contributed by atoms with Crippen LogP contribution in [0.1, 0.15) is 22.5 Å². The number of ether oxygens (including phenoxy) is 2. The molecule has 0 radical (unpaired) electrons. The maximum Gasteiger partial charge on any atom is 0.267 e. The summed E-state index contributed by atoms with van der Waals surface area (Å²) in [5, 5.41) is 4.75. The van der Waals surface area contributed by atoms with Crippen molar-refractivity contribution in [2.75, 3.05) is 7.11 Å². The van der Waals surface area contributed by atoms with Crippen LogP contribution in [0.15, 0.2) is 77.7 Å². The van der Waals surface area contributed by atoms with Crippen LogP contribution < -0.4 is 15.0 Å². The number of benzene rings is 2. The number of rotatable bonds is 6. The van der Waals surface area contributed by atoms with E-state index in [1.165, 1.54) is 4.40 Å². The van der Waals surface area contributed by atoms with Crippen LogP contribution in [0.5, 0.6) is 11.5 Å². The molecule has 0 fully saturated rings. The molecular formula is C28H26N4O3. The van der Waals surface area contributed by atoms with Gasteiger partial charge in [0.2, 0.25) is 0 Å². The Morgan fingerprint density at radius 1 is 0.943 bits per heavy atom. The molecule has 176 valence electrons. The van der Waals surface area contributed by atoms with Crippen molar-refractivity contribution < 1.29 is 9.47 Å². The van der Waals surface area contributed by atoms with Gasteiger partial charge in [-0.15, -0.1) is 0 Å². The highest BCUT2D eigenvalue weighted by Gasteiger charge is 2.18. The Morgan fingerprint density at radius 2 is 1.74 bits per heavy atom. The monoisotopic (exact) mass is 466 g/mol. The lowest BCUT2D eigenvalue weighted by atomic mass is 10.1. The molecule has 0 amide bonds.